The summed E-state index contributed by atoms with van der Waals surface area (Å²) in [6.07, 6.45) is 5.88. The molecule has 1 unspecified atom stereocenters. The first-order valence-electron chi connectivity index (χ1n) is 6.83. The molecule has 1 aliphatic heterocycles. The molecule has 5 heteroatoms. The van der Waals surface area contributed by atoms with E-state index in [1.807, 2.05) is 20.8 Å². The summed E-state index contributed by atoms with van der Waals surface area (Å²) >= 11 is 0. The second-order valence-corrected chi connectivity index (χ2v) is 5.97. The topological polar surface area (TPSA) is 55.6 Å². The molecule has 2 rings (SSSR count). The van der Waals surface area contributed by atoms with Crippen molar-refractivity contribution in [1.29, 1.82) is 0 Å². The maximum atomic E-state index is 12.0. The van der Waals surface area contributed by atoms with Gasteiger partial charge >= 0.3 is 6.09 Å². The van der Waals surface area contributed by atoms with Crippen LogP contribution >= 0.6 is 0 Å². The Bertz CT molecular complexity index is 409. The van der Waals surface area contributed by atoms with E-state index in [1.165, 1.54) is 0 Å². The van der Waals surface area contributed by atoms with E-state index >= 15 is 0 Å². The molecular formula is C14H22N2O3. The number of carbonyl (C=O) groups is 1. The molecule has 5 nitrogen and oxygen atoms in total. The molecule has 1 amide bonds. The Hall–Kier alpha value is -1.52. The summed E-state index contributed by atoms with van der Waals surface area (Å²) in [6.45, 7) is 7.10. The average molecular weight is 266 g/mol. The first kappa shape index (κ1) is 13.9. The molecule has 2 heterocycles. The average Bonchev–Trinajstić information content (AvgIpc) is 2.71. The highest BCUT2D eigenvalue weighted by molar-refractivity contribution is 5.68. The quantitative estimate of drug-likeness (QED) is 0.783. The number of oxazole rings is 1. The molecule has 1 aliphatic rings. The smallest absolute Gasteiger partial charge is 0.410 e. The maximum Gasteiger partial charge on any atom is 0.410 e. The summed E-state index contributed by atoms with van der Waals surface area (Å²) in [4.78, 5) is 18.0. The van der Waals surface area contributed by atoms with Gasteiger partial charge in [0, 0.05) is 19.0 Å². The van der Waals surface area contributed by atoms with E-state index in [-0.39, 0.29) is 6.09 Å². The number of likely N-dealkylation sites (tertiary alicyclic amines) is 1. The highest BCUT2D eigenvalue weighted by Crippen LogP contribution is 2.27. The molecule has 0 aromatic carbocycles. The second-order valence-electron chi connectivity index (χ2n) is 5.97. The number of aromatic nitrogens is 1. The Labute approximate surface area is 113 Å². The number of nitrogens with zero attached hydrogens (tertiary/aromatic N) is 2. The van der Waals surface area contributed by atoms with Crippen LogP contribution in [0, 0.1) is 0 Å². The van der Waals surface area contributed by atoms with Crippen LogP contribution < -0.4 is 0 Å². The molecule has 0 saturated carbocycles. The minimum absolute atomic E-state index is 0.222. The lowest BCUT2D eigenvalue weighted by Crippen LogP contribution is -2.37. The van der Waals surface area contributed by atoms with Crippen LogP contribution in [0.2, 0.25) is 0 Å². The van der Waals surface area contributed by atoms with Crippen LogP contribution in [0.4, 0.5) is 4.79 Å². The van der Waals surface area contributed by atoms with E-state index in [9.17, 15) is 4.79 Å². The molecule has 1 aromatic heterocycles. The third kappa shape index (κ3) is 3.98. The van der Waals surface area contributed by atoms with Crippen molar-refractivity contribution in [2.45, 2.75) is 51.6 Å². The number of hydrogen-bond donors (Lipinski definition) is 0. The van der Waals surface area contributed by atoms with Gasteiger partial charge in [0.15, 0.2) is 5.89 Å². The van der Waals surface area contributed by atoms with Gasteiger partial charge in [0.1, 0.15) is 11.9 Å². The fourth-order valence-corrected chi connectivity index (χ4v) is 2.29. The molecule has 1 fully saturated rings. The number of carbonyl (C=O) groups excluding carboxylic acids is 1. The number of hydrogen-bond acceptors (Lipinski definition) is 4. The molecule has 106 valence electrons. The second kappa shape index (κ2) is 5.63. The van der Waals surface area contributed by atoms with Crippen LogP contribution in [-0.2, 0) is 4.74 Å². The zero-order valence-corrected chi connectivity index (χ0v) is 11.9. The molecule has 0 N–H and O–H groups in total. The zero-order chi connectivity index (χ0) is 13.9. The molecule has 0 spiro atoms. The van der Waals surface area contributed by atoms with Crippen molar-refractivity contribution in [1.82, 2.24) is 9.88 Å². The molecule has 1 atom stereocenters. The normalized spacial score (nSPS) is 21.0. The van der Waals surface area contributed by atoms with E-state index in [2.05, 4.69) is 4.98 Å². The van der Waals surface area contributed by atoms with Crippen LogP contribution in [0.1, 0.15) is 51.8 Å². The van der Waals surface area contributed by atoms with Gasteiger partial charge in [-0.05, 0) is 40.0 Å². The lowest BCUT2D eigenvalue weighted by Gasteiger charge is -2.26. The Morgan fingerprint density at radius 2 is 2.21 bits per heavy atom. The fourth-order valence-electron chi connectivity index (χ4n) is 2.29. The zero-order valence-electron chi connectivity index (χ0n) is 11.9. The van der Waals surface area contributed by atoms with Gasteiger partial charge in [0.05, 0.1) is 6.20 Å². The Morgan fingerprint density at radius 3 is 2.84 bits per heavy atom. The van der Waals surface area contributed by atoms with Gasteiger partial charge in [-0.3, -0.25) is 0 Å². The third-order valence-electron chi connectivity index (χ3n) is 3.18. The van der Waals surface area contributed by atoms with Crippen molar-refractivity contribution in [2.24, 2.45) is 0 Å². The van der Waals surface area contributed by atoms with Crippen molar-refractivity contribution in [3.05, 3.63) is 18.4 Å². The predicted octanol–water partition coefficient (Wildman–Crippen LogP) is 3.18. The van der Waals surface area contributed by atoms with Crippen molar-refractivity contribution in [3.63, 3.8) is 0 Å². The highest BCUT2D eigenvalue weighted by atomic mass is 16.6. The third-order valence-corrected chi connectivity index (χ3v) is 3.18. The number of rotatable bonds is 1. The molecule has 1 aromatic rings. The minimum atomic E-state index is -0.439. The van der Waals surface area contributed by atoms with Crippen LogP contribution in [0.3, 0.4) is 0 Å². The van der Waals surface area contributed by atoms with Gasteiger partial charge < -0.3 is 14.1 Å². The molecule has 0 bridgehead atoms. The summed E-state index contributed by atoms with van der Waals surface area (Å²) in [6, 6.07) is 0. The first-order chi connectivity index (χ1) is 8.96. The number of ether oxygens (including phenoxy) is 1. The molecule has 1 saturated heterocycles. The Morgan fingerprint density at radius 1 is 1.42 bits per heavy atom. The first-order valence-corrected chi connectivity index (χ1v) is 6.83. The molecule has 0 radical (unpaired) electrons. The predicted molar refractivity (Wildman–Crippen MR) is 70.9 cm³/mol. The van der Waals surface area contributed by atoms with Crippen LogP contribution in [-0.4, -0.2) is 34.7 Å². The van der Waals surface area contributed by atoms with Crippen molar-refractivity contribution >= 4 is 6.09 Å². The van der Waals surface area contributed by atoms with Gasteiger partial charge in [0.25, 0.3) is 0 Å². The summed E-state index contributed by atoms with van der Waals surface area (Å²) in [5.74, 6) is 1.09. The monoisotopic (exact) mass is 266 g/mol. The van der Waals surface area contributed by atoms with E-state index in [1.54, 1.807) is 17.4 Å². The Kier molecular flexibility index (Phi) is 4.12. The molecular weight excluding hydrogens is 244 g/mol. The standard InChI is InChI=1S/C14H22N2O3/c1-14(2,3)19-13(17)16-8-4-5-11(6-9-16)12-15-7-10-18-12/h7,10-11H,4-6,8-9H2,1-3H3. The SMILES string of the molecule is CC(C)(C)OC(=O)N1CCCC(c2ncco2)CC1. The fraction of sp³-hybridized carbons (Fsp3) is 0.714. The van der Waals surface area contributed by atoms with Crippen LogP contribution in [0.5, 0.6) is 0 Å². The van der Waals surface area contributed by atoms with Gasteiger partial charge in [-0.2, -0.15) is 0 Å². The van der Waals surface area contributed by atoms with Gasteiger partial charge in [-0.15, -0.1) is 0 Å². The van der Waals surface area contributed by atoms with Crippen LogP contribution in [0.15, 0.2) is 16.9 Å². The summed E-state index contributed by atoms with van der Waals surface area (Å²) in [7, 11) is 0. The summed E-state index contributed by atoms with van der Waals surface area (Å²) < 4.78 is 10.8. The van der Waals surface area contributed by atoms with Gasteiger partial charge in [-0.1, -0.05) is 0 Å². The highest BCUT2D eigenvalue weighted by Gasteiger charge is 2.26. The van der Waals surface area contributed by atoms with Gasteiger partial charge in [-0.25, -0.2) is 9.78 Å². The summed E-state index contributed by atoms with van der Waals surface area (Å²) in [5.41, 5.74) is -0.439. The van der Waals surface area contributed by atoms with E-state index in [0.717, 1.165) is 31.7 Å². The van der Waals surface area contributed by atoms with Crippen molar-refractivity contribution in [2.75, 3.05) is 13.1 Å². The lowest BCUT2D eigenvalue weighted by atomic mass is 10.0. The largest absolute Gasteiger partial charge is 0.449 e. The van der Waals surface area contributed by atoms with Crippen molar-refractivity contribution in [3.8, 4) is 0 Å². The minimum Gasteiger partial charge on any atom is -0.449 e. The van der Waals surface area contributed by atoms with Gasteiger partial charge in [0.2, 0.25) is 0 Å². The van der Waals surface area contributed by atoms with E-state index in [0.29, 0.717) is 12.5 Å². The van der Waals surface area contributed by atoms with E-state index in [4.69, 9.17) is 9.15 Å². The summed E-state index contributed by atoms with van der Waals surface area (Å²) in [5, 5.41) is 0. The van der Waals surface area contributed by atoms with Crippen molar-refractivity contribution < 1.29 is 13.9 Å². The molecule has 0 aliphatic carbocycles. The molecule has 19 heavy (non-hydrogen) atoms. The lowest BCUT2D eigenvalue weighted by molar-refractivity contribution is 0.0256. The Balaban J connectivity index is 1.91. The van der Waals surface area contributed by atoms with Crippen LogP contribution in [0.25, 0.3) is 0 Å². The van der Waals surface area contributed by atoms with E-state index < -0.39 is 5.60 Å². The number of amides is 1. The maximum absolute atomic E-state index is 12.0.